The Bertz CT molecular complexity index is 1350. The maximum atomic E-state index is 12.5. The van der Waals surface area contributed by atoms with Gasteiger partial charge in [0.15, 0.2) is 18.1 Å². The van der Waals surface area contributed by atoms with Crippen molar-refractivity contribution >= 4 is 28.6 Å². The number of aromatic hydroxyl groups is 1. The molecule has 0 bridgehead atoms. The van der Waals surface area contributed by atoms with E-state index in [0.29, 0.717) is 22.4 Å². The number of rotatable bonds is 5. The van der Waals surface area contributed by atoms with E-state index in [1.807, 2.05) is 0 Å². The number of benzene rings is 2. The monoisotopic (exact) mass is 437 g/mol. The first-order chi connectivity index (χ1) is 15.2. The lowest BCUT2D eigenvalue weighted by atomic mass is 9.82. The van der Waals surface area contributed by atoms with Gasteiger partial charge in [0.2, 0.25) is 0 Å². The summed E-state index contributed by atoms with van der Waals surface area (Å²) in [4.78, 5) is 48.1. The zero-order chi connectivity index (χ0) is 23.2. The third-order valence-corrected chi connectivity index (χ3v) is 5.28. The summed E-state index contributed by atoms with van der Waals surface area (Å²) in [5.74, 6) is -2.67. The first-order valence-corrected chi connectivity index (χ1v) is 9.73. The van der Waals surface area contributed by atoms with E-state index in [1.165, 1.54) is 13.0 Å². The number of phenolic OH excluding ortho intramolecular Hbond substituents is 1. The van der Waals surface area contributed by atoms with Crippen LogP contribution in [0, 0.1) is 6.92 Å². The lowest BCUT2D eigenvalue weighted by Crippen LogP contribution is -2.24. The van der Waals surface area contributed by atoms with Crippen LogP contribution in [0.5, 0.6) is 17.2 Å². The molecular weight excluding hydrogens is 418 g/mol. The Kier molecular flexibility index (Phi) is 5.17. The minimum atomic E-state index is -0.672. The minimum absolute atomic E-state index is 0.0356. The van der Waals surface area contributed by atoms with Crippen LogP contribution in [0.2, 0.25) is 0 Å². The summed E-state index contributed by atoms with van der Waals surface area (Å²) in [5.41, 5.74) is 5.66. The van der Waals surface area contributed by atoms with Gasteiger partial charge in [-0.15, -0.1) is 0 Å². The van der Waals surface area contributed by atoms with Gasteiger partial charge in [-0.25, -0.2) is 4.79 Å². The molecule has 1 aliphatic heterocycles. The molecule has 9 nitrogen and oxygen atoms in total. The van der Waals surface area contributed by atoms with Gasteiger partial charge in [-0.1, -0.05) is 12.1 Å². The molecule has 3 N–H and O–H groups in total. The summed E-state index contributed by atoms with van der Waals surface area (Å²) in [5, 5.41) is 11.0. The van der Waals surface area contributed by atoms with Gasteiger partial charge in [0.1, 0.15) is 22.6 Å². The van der Waals surface area contributed by atoms with E-state index in [9.17, 15) is 24.3 Å². The Morgan fingerprint density at radius 3 is 2.69 bits per heavy atom. The van der Waals surface area contributed by atoms with Crippen molar-refractivity contribution < 1.29 is 33.4 Å². The number of primary amides is 1. The number of ether oxygens (including phenoxy) is 2. The van der Waals surface area contributed by atoms with Crippen LogP contribution in [0.15, 0.2) is 39.5 Å². The van der Waals surface area contributed by atoms with Crippen LogP contribution in [0.3, 0.4) is 0 Å². The number of fused-ring (bicyclic) bond motifs is 3. The number of esters is 1. The van der Waals surface area contributed by atoms with E-state index >= 15 is 0 Å². The maximum Gasteiger partial charge on any atom is 0.336 e. The van der Waals surface area contributed by atoms with Crippen molar-refractivity contribution in [1.82, 2.24) is 0 Å². The van der Waals surface area contributed by atoms with Gasteiger partial charge in [-0.05, 0) is 37.1 Å². The van der Waals surface area contributed by atoms with E-state index in [2.05, 4.69) is 0 Å². The fourth-order valence-corrected chi connectivity index (χ4v) is 4.00. The predicted octanol–water partition coefficient (Wildman–Crippen LogP) is 2.31. The molecule has 164 valence electrons. The number of hydrogen-bond donors (Lipinski definition) is 2. The number of hydrogen-bond acceptors (Lipinski definition) is 8. The lowest BCUT2D eigenvalue weighted by Gasteiger charge is -2.28. The average molecular weight is 437 g/mol. The summed E-state index contributed by atoms with van der Waals surface area (Å²) in [7, 11) is 0. The molecule has 1 atom stereocenters. The van der Waals surface area contributed by atoms with E-state index in [-0.39, 0.29) is 35.3 Å². The second-order valence-electron chi connectivity index (χ2n) is 7.53. The van der Waals surface area contributed by atoms with Crippen molar-refractivity contribution in [3.8, 4) is 17.2 Å². The molecule has 1 aromatic heterocycles. The van der Waals surface area contributed by atoms with E-state index in [0.717, 1.165) is 0 Å². The molecule has 0 saturated carbocycles. The number of ketones is 1. The van der Waals surface area contributed by atoms with Gasteiger partial charge < -0.3 is 24.7 Å². The Balaban J connectivity index is 2.02. The average Bonchev–Trinajstić information content (AvgIpc) is 2.71. The van der Waals surface area contributed by atoms with E-state index in [1.54, 1.807) is 31.2 Å². The van der Waals surface area contributed by atoms with Crippen molar-refractivity contribution in [2.45, 2.75) is 26.2 Å². The largest absolute Gasteiger partial charge is 0.506 e. The third kappa shape index (κ3) is 3.58. The van der Waals surface area contributed by atoms with Crippen molar-refractivity contribution in [1.29, 1.82) is 0 Å². The van der Waals surface area contributed by atoms with Gasteiger partial charge in [0, 0.05) is 17.5 Å². The lowest BCUT2D eigenvalue weighted by molar-refractivity contribution is -0.135. The number of nitrogens with two attached hydrogens (primary N) is 1. The molecule has 0 unspecified atom stereocenters. The Morgan fingerprint density at radius 2 is 2.00 bits per heavy atom. The molecule has 2 aromatic carbocycles. The quantitative estimate of drug-likeness (QED) is 0.268. The summed E-state index contributed by atoms with van der Waals surface area (Å²) in [6.07, 6.45) is -0.110. The first kappa shape index (κ1) is 21.1. The molecule has 1 aliphatic rings. The van der Waals surface area contributed by atoms with E-state index in [4.69, 9.17) is 19.6 Å². The standard InChI is InChI=1S/C23H19NO8/c1-10-6-16(27)31-22-18(10)21(29)19(11(2)25)23-20(22)14(8-17(28)32-23)12-4-3-5-13(7-12)30-9-15(24)26/h3-7,14,29H,8-9H2,1-2H3,(H2,24,26)/t14-/m1/s1. The van der Waals surface area contributed by atoms with Crippen LogP contribution in [-0.2, 0) is 9.59 Å². The van der Waals surface area contributed by atoms with Gasteiger partial charge in [-0.2, -0.15) is 0 Å². The molecule has 9 heteroatoms. The van der Waals surface area contributed by atoms with Crippen molar-refractivity contribution in [2.24, 2.45) is 5.73 Å². The molecule has 0 saturated heterocycles. The van der Waals surface area contributed by atoms with Crippen LogP contribution in [0.25, 0.3) is 11.0 Å². The highest BCUT2D eigenvalue weighted by molar-refractivity contribution is 6.09. The van der Waals surface area contributed by atoms with E-state index < -0.39 is 35.0 Å². The molecule has 0 radical (unpaired) electrons. The Morgan fingerprint density at radius 1 is 1.25 bits per heavy atom. The van der Waals surface area contributed by atoms with Gasteiger partial charge >= 0.3 is 11.6 Å². The number of Topliss-reactive ketones (excluding diaryl/α,β-unsaturated/α-hetero) is 1. The van der Waals surface area contributed by atoms with Crippen LogP contribution in [0.4, 0.5) is 0 Å². The van der Waals surface area contributed by atoms with Crippen molar-refractivity contribution in [3.05, 3.63) is 63.0 Å². The fraction of sp³-hybridized carbons (Fsp3) is 0.217. The topological polar surface area (TPSA) is 146 Å². The molecule has 32 heavy (non-hydrogen) atoms. The van der Waals surface area contributed by atoms with Gasteiger partial charge in [0.25, 0.3) is 5.91 Å². The molecule has 2 heterocycles. The SMILES string of the molecule is CC(=O)c1c2c(c3oc(=O)cc(C)c3c1O)[C@@H](c1cccc(OCC(N)=O)c1)CC(=O)O2. The summed E-state index contributed by atoms with van der Waals surface area (Å²) >= 11 is 0. The maximum absolute atomic E-state index is 12.5. The molecule has 1 amide bonds. The van der Waals surface area contributed by atoms with Crippen molar-refractivity contribution in [2.75, 3.05) is 6.61 Å². The second kappa shape index (κ2) is 7.84. The highest BCUT2D eigenvalue weighted by Crippen LogP contribution is 2.49. The summed E-state index contributed by atoms with van der Waals surface area (Å²) in [6.45, 7) is 2.52. The van der Waals surface area contributed by atoms with Crippen LogP contribution < -0.4 is 20.8 Å². The summed E-state index contributed by atoms with van der Waals surface area (Å²) in [6, 6.07) is 7.84. The number of carbonyl (C=O) groups excluding carboxylic acids is 3. The molecule has 0 spiro atoms. The zero-order valence-corrected chi connectivity index (χ0v) is 17.3. The highest BCUT2D eigenvalue weighted by Gasteiger charge is 2.37. The zero-order valence-electron chi connectivity index (χ0n) is 17.3. The fourth-order valence-electron chi connectivity index (χ4n) is 4.00. The smallest absolute Gasteiger partial charge is 0.336 e. The van der Waals surface area contributed by atoms with Gasteiger partial charge in [-0.3, -0.25) is 14.4 Å². The molecular formula is C23H19NO8. The molecule has 0 aliphatic carbocycles. The Hall–Kier alpha value is -4.14. The predicted molar refractivity (Wildman–Crippen MR) is 112 cm³/mol. The normalized spacial score (nSPS) is 15.2. The Labute approximate surface area is 181 Å². The number of aryl methyl sites for hydroxylation is 1. The second-order valence-corrected chi connectivity index (χ2v) is 7.53. The first-order valence-electron chi connectivity index (χ1n) is 9.73. The number of phenols is 1. The molecule has 0 fully saturated rings. The molecule has 3 aromatic rings. The highest BCUT2D eigenvalue weighted by atomic mass is 16.5. The summed E-state index contributed by atoms with van der Waals surface area (Å²) < 4.78 is 16.2. The van der Waals surface area contributed by atoms with Crippen LogP contribution in [-0.4, -0.2) is 29.4 Å². The van der Waals surface area contributed by atoms with Crippen LogP contribution >= 0.6 is 0 Å². The third-order valence-electron chi connectivity index (χ3n) is 5.28. The number of amides is 1. The minimum Gasteiger partial charge on any atom is -0.506 e. The van der Waals surface area contributed by atoms with Crippen molar-refractivity contribution in [3.63, 3.8) is 0 Å². The van der Waals surface area contributed by atoms with Crippen LogP contribution in [0.1, 0.15) is 46.3 Å². The van der Waals surface area contributed by atoms with Gasteiger partial charge in [0.05, 0.1) is 11.8 Å². The molecule has 4 rings (SSSR count). The number of carbonyl (C=O) groups is 3.